The van der Waals surface area contributed by atoms with Crippen LogP contribution < -0.4 is 10.2 Å². The minimum absolute atomic E-state index is 0.122. The van der Waals surface area contributed by atoms with Crippen molar-refractivity contribution in [3.63, 3.8) is 0 Å². The zero-order valence-corrected chi connectivity index (χ0v) is 20.0. The maximum Gasteiger partial charge on any atom is 0.335 e. The molecule has 0 bridgehead atoms. The number of imide groups is 2. The summed E-state index contributed by atoms with van der Waals surface area (Å²) in [5, 5.41) is 3.15. The molecule has 2 heterocycles. The van der Waals surface area contributed by atoms with Gasteiger partial charge in [-0.05, 0) is 86.9 Å². The molecule has 2 aromatic carbocycles. The first-order valence-electron chi connectivity index (χ1n) is 10.2. The van der Waals surface area contributed by atoms with Crippen LogP contribution in [0.4, 0.5) is 10.5 Å². The largest absolute Gasteiger partial charge is 0.335 e. The van der Waals surface area contributed by atoms with Gasteiger partial charge in [0.05, 0.1) is 15.7 Å². The fourth-order valence-corrected chi connectivity index (χ4v) is 4.37. The first-order valence-corrected chi connectivity index (χ1v) is 11.0. The normalized spacial score (nSPS) is 15.4. The summed E-state index contributed by atoms with van der Waals surface area (Å²) < 4.78 is 1.95. The third-order valence-corrected chi connectivity index (χ3v) is 6.24. The number of carbonyl (C=O) groups excluding carboxylic acids is 3. The van der Waals surface area contributed by atoms with Crippen LogP contribution in [0.5, 0.6) is 0 Å². The highest BCUT2D eigenvalue weighted by atomic mass is 35.5. The van der Waals surface area contributed by atoms with E-state index >= 15 is 0 Å². The van der Waals surface area contributed by atoms with Crippen molar-refractivity contribution >= 4 is 52.8 Å². The number of barbiturate groups is 1. The summed E-state index contributed by atoms with van der Waals surface area (Å²) in [5.74, 6) is -1.40. The molecule has 1 aromatic heterocycles. The van der Waals surface area contributed by atoms with Crippen LogP contribution in [-0.4, -0.2) is 22.4 Å². The molecule has 33 heavy (non-hydrogen) atoms. The van der Waals surface area contributed by atoms with Crippen LogP contribution in [0.25, 0.3) is 11.8 Å². The molecule has 1 fully saturated rings. The second kappa shape index (κ2) is 8.54. The number of aromatic nitrogens is 1. The van der Waals surface area contributed by atoms with Crippen molar-refractivity contribution in [3.05, 3.63) is 86.2 Å². The fourth-order valence-electron chi connectivity index (χ4n) is 4.08. The first-order chi connectivity index (χ1) is 15.6. The number of carbonyl (C=O) groups is 3. The van der Waals surface area contributed by atoms with E-state index in [9.17, 15) is 14.4 Å². The third-order valence-electron chi connectivity index (χ3n) is 5.50. The molecule has 0 spiro atoms. The number of aryl methyl sites for hydroxylation is 3. The minimum atomic E-state index is -0.770. The molecule has 0 unspecified atom stereocenters. The Kier molecular flexibility index (Phi) is 5.91. The van der Waals surface area contributed by atoms with Crippen molar-refractivity contribution in [3.8, 4) is 5.69 Å². The van der Waals surface area contributed by atoms with Crippen LogP contribution in [0.3, 0.4) is 0 Å². The molecular formula is C25H21Cl2N3O3. The van der Waals surface area contributed by atoms with Crippen LogP contribution in [0.15, 0.2) is 48.0 Å². The second-order valence-electron chi connectivity index (χ2n) is 8.06. The topological polar surface area (TPSA) is 71.4 Å². The summed E-state index contributed by atoms with van der Waals surface area (Å²) in [7, 11) is 0. The number of benzene rings is 2. The molecule has 1 aliphatic heterocycles. The second-order valence-corrected chi connectivity index (χ2v) is 8.88. The maximum atomic E-state index is 13.3. The van der Waals surface area contributed by atoms with Crippen molar-refractivity contribution in [2.75, 3.05) is 4.90 Å². The molecule has 168 valence electrons. The number of nitrogens with one attached hydrogen (secondary N) is 1. The van der Waals surface area contributed by atoms with E-state index in [1.54, 1.807) is 24.3 Å². The molecule has 1 N–H and O–H groups in total. The van der Waals surface area contributed by atoms with Gasteiger partial charge >= 0.3 is 6.03 Å². The average Bonchev–Trinajstić information content (AvgIpc) is 2.99. The molecule has 1 saturated heterocycles. The molecule has 8 heteroatoms. The number of hydrogen-bond donors (Lipinski definition) is 1. The average molecular weight is 482 g/mol. The van der Waals surface area contributed by atoms with Gasteiger partial charge in [-0.2, -0.15) is 0 Å². The van der Waals surface area contributed by atoms with Gasteiger partial charge in [-0.25, -0.2) is 9.69 Å². The number of amides is 4. The van der Waals surface area contributed by atoms with Crippen molar-refractivity contribution < 1.29 is 14.4 Å². The summed E-state index contributed by atoms with van der Waals surface area (Å²) in [6.07, 6.45) is 1.51. The monoisotopic (exact) mass is 481 g/mol. The molecule has 0 radical (unpaired) electrons. The smallest absolute Gasteiger partial charge is 0.318 e. The van der Waals surface area contributed by atoms with E-state index in [2.05, 4.69) is 5.32 Å². The highest BCUT2D eigenvalue weighted by Crippen LogP contribution is 2.29. The SMILES string of the molecule is Cc1cc(C)cc(N2C(=O)NC(=O)C(=Cc3cc(C)n(-c4ccc(Cl)c(Cl)c4)c3C)C2=O)c1. The first kappa shape index (κ1) is 22.8. The highest BCUT2D eigenvalue weighted by molar-refractivity contribution is 6.42. The Morgan fingerprint density at radius 3 is 2.12 bits per heavy atom. The summed E-state index contributed by atoms with van der Waals surface area (Å²) >= 11 is 12.2. The molecule has 6 nitrogen and oxygen atoms in total. The molecule has 0 saturated carbocycles. The molecule has 0 atom stereocenters. The van der Waals surface area contributed by atoms with Gasteiger partial charge in [-0.3, -0.25) is 14.9 Å². The number of halogens is 2. The Labute approximate surface area is 201 Å². The lowest BCUT2D eigenvalue weighted by Crippen LogP contribution is -2.54. The molecule has 3 aromatic rings. The molecule has 0 aliphatic carbocycles. The van der Waals surface area contributed by atoms with Gasteiger partial charge in [0.1, 0.15) is 5.57 Å². The van der Waals surface area contributed by atoms with E-state index in [0.29, 0.717) is 21.3 Å². The predicted molar refractivity (Wildman–Crippen MR) is 130 cm³/mol. The quantitative estimate of drug-likeness (QED) is 0.386. The lowest BCUT2D eigenvalue weighted by molar-refractivity contribution is -0.122. The van der Waals surface area contributed by atoms with Crippen LogP contribution >= 0.6 is 23.2 Å². The Bertz CT molecular complexity index is 1350. The van der Waals surface area contributed by atoms with E-state index in [4.69, 9.17) is 23.2 Å². The van der Waals surface area contributed by atoms with Gasteiger partial charge in [0, 0.05) is 17.1 Å². The van der Waals surface area contributed by atoms with Gasteiger partial charge in [-0.15, -0.1) is 0 Å². The van der Waals surface area contributed by atoms with Crippen LogP contribution in [-0.2, 0) is 9.59 Å². The summed E-state index contributed by atoms with van der Waals surface area (Å²) in [5.41, 5.74) is 5.24. The lowest BCUT2D eigenvalue weighted by Gasteiger charge is -2.27. The summed E-state index contributed by atoms with van der Waals surface area (Å²) in [6, 6.07) is 11.8. The van der Waals surface area contributed by atoms with Crippen LogP contribution in [0.2, 0.25) is 10.0 Å². The van der Waals surface area contributed by atoms with Gasteiger partial charge in [0.25, 0.3) is 11.8 Å². The number of urea groups is 1. The Morgan fingerprint density at radius 1 is 0.818 bits per heavy atom. The molecule has 1 aliphatic rings. The minimum Gasteiger partial charge on any atom is -0.318 e. The summed E-state index contributed by atoms with van der Waals surface area (Å²) in [6.45, 7) is 7.54. The van der Waals surface area contributed by atoms with Gasteiger partial charge in [0.15, 0.2) is 0 Å². The highest BCUT2D eigenvalue weighted by Gasteiger charge is 2.37. The van der Waals surface area contributed by atoms with Gasteiger partial charge < -0.3 is 4.57 Å². The van der Waals surface area contributed by atoms with E-state index in [-0.39, 0.29) is 5.57 Å². The van der Waals surface area contributed by atoms with E-state index < -0.39 is 17.8 Å². The Morgan fingerprint density at radius 2 is 1.48 bits per heavy atom. The van der Waals surface area contributed by atoms with Crippen LogP contribution in [0, 0.1) is 27.7 Å². The lowest BCUT2D eigenvalue weighted by atomic mass is 10.1. The Hall–Kier alpha value is -3.35. The van der Waals surface area contributed by atoms with Crippen molar-refractivity contribution in [1.29, 1.82) is 0 Å². The summed E-state index contributed by atoms with van der Waals surface area (Å²) in [4.78, 5) is 39.4. The van der Waals surface area contributed by atoms with Gasteiger partial charge in [-0.1, -0.05) is 29.3 Å². The fraction of sp³-hybridized carbons (Fsp3) is 0.160. The molecular weight excluding hydrogens is 461 g/mol. The van der Waals surface area contributed by atoms with Crippen molar-refractivity contribution in [2.45, 2.75) is 27.7 Å². The third kappa shape index (κ3) is 4.19. The van der Waals surface area contributed by atoms with E-state index in [1.165, 1.54) is 6.08 Å². The zero-order chi connectivity index (χ0) is 24.0. The number of rotatable bonds is 3. The molecule has 4 amide bonds. The number of anilines is 1. The molecule has 4 rings (SSSR count). The van der Waals surface area contributed by atoms with E-state index in [0.717, 1.165) is 33.1 Å². The van der Waals surface area contributed by atoms with Crippen LogP contribution in [0.1, 0.15) is 28.1 Å². The van der Waals surface area contributed by atoms with Crippen molar-refractivity contribution in [1.82, 2.24) is 9.88 Å². The van der Waals surface area contributed by atoms with Gasteiger partial charge in [0.2, 0.25) is 0 Å². The van der Waals surface area contributed by atoms with E-state index in [1.807, 2.05) is 50.5 Å². The van der Waals surface area contributed by atoms with Crippen molar-refractivity contribution in [2.24, 2.45) is 0 Å². The predicted octanol–water partition coefficient (Wildman–Crippen LogP) is 5.68. The number of hydrogen-bond acceptors (Lipinski definition) is 3. The Balaban J connectivity index is 1.78. The number of nitrogens with zero attached hydrogens (tertiary/aromatic N) is 2. The zero-order valence-electron chi connectivity index (χ0n) is 18.5. The standard InChI is InChI=1S/C25H21Cl2N3O3/c1-13-7-14(2)9-19(8-13)30-24(32)20(23(31)28-25(30)33)11-17-10-15(3)29(16(17)4)18-5-6-21(26)22(27)12-18/h5-12H,1-4H3,(H,28,31,33). The maximum absolute atomic E-state index is 13.3.